The molecule has 1 atom stereocenters. The number of rotatable bonds is 4. The van der Waals surface area contributed by atoms with E-state index in [1.54, 1.807) is 0 Å². The van der Waals surface area contributed by atoms with E-state index in [0.717, 1.165) is 0 Å². The molecule has 1 aliphatic rings. The molecule has 1 unspecified atom stereocenters. The third-order valence-corrected chi connectivity index (χ3v) is 3.81. The maximum absolute atomic E-state index is 12.7. The Kier molecular flexibility index (Phi) is 4.93. The summed E-state index contributed by atoms with van der Waals surface area (Å²) in [6.07, 6.45) is 5.53. The van der Waals surface area contributed by atoms with Crippen LogP contribution < -0.4 is 5.32 Å². The minimum absolute atomic E-state index is 0.0254. The zero-order valence-electron chi connectivity index (χ0n) is 11.8. The Labute approximate surface area is 109 Å². The van der Waals surface area contributed by atoms with Crippen LogP contribution in [0.4, 0.5) is 0 Å². The fourth-order valence-electron chi connectivity index (χ4n) is 2.44. The second-order valence-electron chi connectivity index (χ2n) is 4.92. The monoisotopic (exact) mass is 252 g/mol. The fourth-order valence-corrected chi connectivity index (χ4v) is 2.44. The fraction of sp³-hybridized carbons (Fsp3) is 0.714. The molecule has 0 aromatic heterocycles. The first-order chi connectivity index (χ1) is 8.50. The van der Waals surface area contributed by atoms with E-state index in [9.17, 15) is 9.59 Å². The summed E-state index contributed by atoms with van der Waals surface area (Å²) in [6.45, 7) is 8.34. The molecule has 0 bridgehead atoms. The van der Waals surface area contributed by atoms with Gasteiger partial charge in [-0.25, -0.2) is 0 Å². The summed E-state index contributed by atoms with van der Waals surface area (Å²) in [5, 5.41) is 2.92. The van der Waals surface area contributed by atoms with Gasteiger partial charge in [-0.3, -0.25) is 9.59 Å². The van der Waals surface area contributed by atoms with Gasteiger partial charge in [0.1, 0.15) is 5.54 Å². The zero-order chi connectivity index (χ0) is 13.8. The summed E-state index contributed by atoms with van der Waals surface area (Å²) in [4.78, 5) is 26.4. The van der Waals surface area contributed by atoms with Gasteiger partial charge in [0.2, 0.25) is 11.8 Å². The number of amides is 2. The molecular weight excluding hydrogens is 228 g/mol. The average Bonchev–Trinajstić information content (AvgIpc) is 2.43. The largest absolute Gasteiger partial charge is 0.342 e. The Morgan fingerprint density at radius 1 is 1.39 bits per heavy atom. The van der Waals surface area contributed by atoms with Crippen LogP contribution in [0.25, 0.3) is 0 Å². The highest BCUT2D eigenvalue weighted by Gasteiger charge is 2.43. The van der Waals surface area contributed by atoms with Gasteiger partial charge in [0.15, 0.2) is 0 Å². The molecule has 1 aliphatic heterocycles. The quantitative estimate of drug-likeness (QED) is 0.776. The lowest BCUT2D eigenvalue weighted by Crippen LogP contribution is -2.57. The highest BCUT2D eigenvalue weighted by molar-refractivity contribution is 5.94. The molecular formula is C14H24N2O2. The van der Waals surface area contributed by atoms with Crippen LogP contribution in [0.3, 0.4) is 0 Å². The molecule has 0 spiro atoms. The van der Waals surface area contributed by atoms with Gasteiger partial charge >= 0.3 is 0 Å². The van der Waals surface area contributed by atoms with Crippen molar-refractivity contribution in [1.29, 1.82) is 0 Å². The number of hydrogen-bond acceptors (Lipinski definition) is 2. The molecule has 0 aromatic rings. The van der Waals surface area contributed by atoms with Crippen LogP contribution in [0.15, 0.2) is 12.2 Å². The first-order valence-electron chi connectivity index (χ1n) is 6.74. The van der Waals surface area contributed by atoms with Gasteiger partial charge < -0.3 is 10.2 Å². The number of carbonyl (C=O) groups is 2. The molecule has 102 valence electrons. The highest BCUT2D eigenvalue weighted by Crippen LogP contribution is 2.24. The molecule has 18 heavy (non-hydrogen) atoms. The lowest BCUT2D eigenvalue weighted by molar-refractivity contribution is -0.140. The van der Waals surface area contributed by atoms with Gasteiger partial charge in [-0.2, -0.15) is 0 Å². The van der Waals surface area contributed by atoms with Gasteiger partial charge in [0, 0.05) is 19.0 Å². The van der Waals surface area contributed by atoms with Crippen molar-refractivity contribution in [2.45, 2.75) is 58.5 Å². The Bertz CT molecular complexity index is 346. The van der Waals surface area contributed by atoms with Crippen molar-refractivity contribution in [3.05, 3.63) is 12.2 Å². The third kappa shape index (κ3) is 2.74. The molecule has 0 aliphatic carbocycles. The highest BCUT2D eigenvalue weighted by atomic mass is 16.2. The lowest BCUT2D eigenvalue weighted by atomic mass is 9.91. The standard InChI is InChI=1S/C14H24N2O2/c1-5-8-9-16-11(4)10-12(17)15-14(6-2,7-3)13(16)18/h5,8,11H,6-7,9-10H2,1-4H3,(H,15,17)/b8-5+. The van der Waals surface area contributed by atoms with Gasteiger partial charge in [0.25, 0.3) is 0 Å². The Morgan fingerprint density at radius 3 is 2.50 bits per heavy atom. The molecule has 4 nitrogen and oxygen atoms in total. The van der Waals surface area contributed by atoms with Crippen LogP contribution in [-0.2, 0) is 9.59 Å². The Hall–Kier alpha value is -1.32. The first kappa shape index (κ1) is 14.7. The summed E-state index contributed by atoms with van der Waals surface area (Å²) < 4.78 is 0. The molecule has 1 fully saturated rings. The van der Waals surface area contributed by atoms with E-state index < -0.39 is 5.54 Å². The maximum atomic E-state index is 12.7. The van der Waals surface area contributed by atoms with Crippen LogP contribution in [0.1, 0.15) is 47.0 Å². The first-order valence-corrected chi connectivity index (χ1v) is 6.74. The van der Waals surface area contributed by atoms with Gasteiger partial charge in [-0.1, -0.05) is 26.0 Å². The van der Waals surface area contributed by atoms with Gasteiger partial charge in [0.05, 0.1) is 0 Å². The van der Waals surface area contributed by atoms with E-state index in [0.29, 0.717) is 25.8 Å². The van der Waals surface area contributed by atoms with E-state index >= 15 is 0 Å². The third-order valence-electron chi connectivity index (χ3n) is 3.81. The molecule has 1 N–H and O–H groups in total. The number of allylic oxidation sites excluding steroid dienone is 1. The second kappa shape index (κ2) is 6.03. The van der Waals surface area contributed by atoms with Crippen LogP contribution >= 0.6 is 0 Å². The molecule has 0 radical (unpaired) electrons. The van der Waals surface area contributed by atoms with E-state index in [1.165, 1.54) is 0 Å². The number of hydrogen-bond donors (Lipinski definition) is 1. The molecule has 2 amide bonds. The van der Waals surface area contributed by atoms with Crippen LogP contribution in [0.2, 0.25) is 0 Å². The summed E-state index contributed by atoms with van der Waals surface area (Å²) in [5.74, 6) is 0.0199. The van der Waals surface area contributed by atoms with Crippen LogP contribution in [-0.4, -0.2) is 34.8 Å². The van der Waals surface area contributed by atoms with E-state index in [4.69, 9.17) is 0 Å². The van der Waals surface area contributed by atoms with Crippen molar-refractivity contribution in [2.75, 3.05) is 6.54 Å². The molecule has 1 heterocycles. The van der Waals surface area contributed by atoms with Crippen molar-refractivity contribution >= 4 is 11.8 Å². The molecule has 0 aromatic carbocycles. The maximum Gasteiger partial charge on any atom is 0.248 e. The number of carbonyl (C=O) groups excluding carboxylic acids is 2. The molecule has 0 saturated carbocycles. The predicted octanol–water partition coefficient (Wildman–Crippen LogP) is 1.86. The average molecular weight is 252 g/mol. The smallest absolute Gasteiger partial charge is 0.248 e. The second-order valence-corrected chi connectivity index (χ2v) is 4.92. The van der Waals surface area contributed by atoms with Gasteiger partial charge in [-0.15, -0.1) is 0 Å². The summed E-state index contributed by atoms with van der Waals surface area (Å²) in [6, 6.07) is -0.0475. The summed E-state index contributed by atoms with van der Waals surface area (Å²) in [5.41, 5.74) is -0.719. The van der Waals surface area contributed by atoms with E-state index in [-0.39, 0.29) is 17.9 Å². The Balaban J connectivity index is 3.08. The van der Waals surface area contributed by atoms with Crippen LogP contribution in [0, 0.1) is 0 Å². The summed E-state index contributed by atoms with van der Waals surface area (Å²) in [7, 11) is 0. The zero-order valence-corrected chi connectivity index (χ0v) is 11.8. The van der Waals surface area contributed by atoms with Crippen molar-refractivity contribution in [2.24, 2.45) is 0 Å². The summed E-state index contributed by atoms with van der Waals surface area (Å²) >= 11 is 0. The number of nitrogens with one attached hydrogen (secondary N) is 1. The minimum atomic E-state index is -0.719. The van der Waals surface area contributed by atoms with Crippen molar-refractivity contribution in [3.63, 3.8) is 0 Å². The minimum Gasteiger partial charge on any atom is -0.342 e. The Morgan fingerprint density at radius 2 is 2.00 bits per heavy atom. The molecule has 1 rings (SSSR count). The van der Waals surface area contributed by atoms with E-state index in [1.807, 2.05) is 44.7 Å². The topological polar surface area (TPSA) is 49.4 Å². The van der Waals surface area contributed by atoms with Crippen molar-refractivity contribution < 1.29 is 9.59 Å². The number of nitrogens with zero attached hydrogens (tertiary/aromatic N) is 1. The predicted molar refractivity (Wildman–Crippen MR) is 72.1 cm³/mol. The SMILES string of the molecule is C/C=C/CN1C(=O)C(CC)(CC)NC(=O)CC1C. The molecule has 1 saturated heterocycles. The molecule has 4 heteroatoms. The normalized spacial score (nSPS) is 24.2. The van der Waals surface area contributed by atoms with E-state index in [2.05, 4.69) is 5.32 Å². The lowest BCUT2D eigenvalue weighted by Gasteiger charge is -2.35. The van der Waals surface area contributed by atoms with Crippen molar-refractivity contribution in [1.82, 2.24) is 10.2 Å². The van der Waals surface area contributed by atoms with Crippen molar-refractivity contribution in [3.8, 4) is 0 Å². The van der Waals surface area contributed by atoms with Crippen LogP contribution in [0.5, 0.6) is 0 Å². The van der Waals surface area contributed by atoms with Gasteiger partial charge in [-0.05, 0) is 26.7 Å².